The second-order valence-electron chi connectivity index (χ2n) is 7.86. The van der Waals surface area contributed by atoms with Gasteiger partial charge < -0.3 is 14.6 Å². The molecule has 2 bridgehead atoms. The number of hydrogen-bond acceptors (Lipinski definition) is 7. The second-order valence-corrected chi connectivity index (χ2v) is 9.33. The molecular formula is C17H26F2O8S. The zero-order valence-electron chi connectivity index (χ0n) is 15.4. The van der Waals surface area contributed by atoms with Crippen LogP contribution in [0.25, 0.3) is 0 Å². The Balaban J connectivity index is 1.90. The summed E-state index contributed by atoms with van der Waals surface area (Å²) in [5, 5.41) is 4.02. The molecule has 0 saturated heterocycles. The summed E-state index contributed by atoms with van der Waals surface area (Å²) in [6.07, 6.45) is 7.41. The van der Waals surface area contributed by atoms with E-state index in [1.807, 2.05) is 0 Å². The summed E-state index contributed by atoms with van der Waals surface area (Å²) in [7, 11) is -5.99. The first-order chi connectivity index (χ1) is 13.0. The van der Waals surface area contributed by atoms with Gasteiger partial charge in [0.25, 0.3) is 0 Å². The minimum absolute atomic E-state index is 0.00730. The first kappa shape index (κ1) is 23.0. The minimum Gasteiger partial charge on any atom is -0.463 e. The number of fused-ring (bicyclic) bond motifs is 2. The van der Waals surface area contributed by atoms with Crippen molar-refractivity contribution in [1.29, 1.82) is 0 Å². The van der Waals surface area contributed by atoms with Crippen molar-refractivity contribution in [1.82, 2.24) is 0 Å². The van der Waals surface area contributed by atoms with E-state index < -0.39 is 33.9 Å². The van der Waals surface area contributed by atoms with Gasteiger partial charge in [-0.05, 0) is 43.9 Å². The lowest BCUT2D eigenvalue weighted by Crippen LogP contribution is -2.41. The predicted octanol–water partition coefficient (Wildman–Crippen LogP) is 1.91. The smallest absolute Gasteiger partial charge is 0.463 e. The first-order valence-electron chi connectivity index (χ1n) is 9.28. The Morgan fingerprint density at radius 3 is 2.29 bits per heavy atom. The molecule has 8 nitrogen and oxygen atoms in total. The second kappa shape index (κ2) is 9.00. The summed E-state index contributed by atoms with van der Waals surface area (Å²) >= 11 is 0. The molecule has 162 valence electrons. The van der Waals surface area contributed by atoms with Gasteiger partial charge in [0.2, 0.25) is 0 Å². The molecule has 0 heterocycles. The molecule has 0 amide bonds. The number of alkyl halides is 2. The van der Waals surface area contributed by atoms with Gasteiger partial charge in [0.1, 0.15) is 0 Å². The highest BCUT2D eigenvalue weighted by Gasteiger charge is 2.54. The zero-order chi connectivity index (χ0) is 21.0. The fourth-order valence-corrected chi connectivity index (χ4v) is 4.79. The van der Waals surface area contributed by atoms with E-state index in [9.17, 15) is 31.9 Å². The van der Waals surface area contributed by atoms with E-state index in [4.69, 9.17) is 9.29 Å². The number of aliphatic hydroxyl groups is 1. The third kappa shape index (κ3) is 5.60. The fourth-order valence-electron chi connectivity index (χ4n) is 4.52. The standard InChI is InChI=1S/C17H26F2O8S/c18-17(19,28(23,24)25)15(22)26-10-14(21)27-11-16(5-2-6-20)8-12-3-1-4-13(7-12)9-16/h12-13,20H,1-11H2,(H,23,24,25). The molecule has 0 aromatic rings. The highest BCUT2D eigenvalue weighted by atomic mass is 32.2. The maximum absolute atomic E-state index is 13.1. The molecule has 28 heavy (non-hydrogen) atoms. The molecule has 2 fully saturated rings. The minimum atomic E-state index is -5.99. The Bertz CT molecular complexity index is 667. The van der Waals surface area contributed by atoms with Gasteiger partial charge in [0.15, 0.2) is 6.61 Å². The number of halogens is 2. The highest BCUT2D eigenvalue weighted by Crippen LogP contribution is 2.51. The van der Waals surface area contributed by atoms with E-state index in [0.29, 0.717) is 24.7 Å². The van der Waals surface area contributed by atoms with Gasteiger partial charge >= 0.3 is 27.3 Å². The predicted molar refractivity (Wildman–Crippen MR) is 91.8 cm³/mol. The normalized spacial score (nSPS) is 27.9. The number of ether oxygens (including phenoxy) is 2. The molecule has 2 aliphatic carbocycles. The van der Waals surface area contributed by atoms with Crippen LogP contribution < -0.4 is 0 Å². The Morgan fingerprint density at radius 2 is 1.75 bits per heavy atom. The van der Waals surface area contributed by atoms with E-state index in [1.54, 1.807) is 0 Å². The molecule has 11 heteroatoms. The van der Waals surface area contributed by atoms with Crippen molar-refractivity contribution in [2.24, 2.45) is 17.3 Å². The maximum Gasteiger partial charge on any atom is 0.465 e. The van der Waals surface area contributed by atoms with Gasteiger partial charge in [-0.2, -0.15) is 17.2 Å². The van der Waals surface area contributed by atoms with Crippen LogP contribution in [0, 0.1) is 17.3 Å². The van der Waals surface area contributed by atoms with E-state index in [0.717, 1.165) is 32.1 Å². The van der Waals surface area contributed by atoms with Gasteiger partial charge in [-0.25, -0.2) is 9.59 Å². The molecular weight excluding hydrogens is 402 g/mol. The summed E-state index contributed by atoms with van der Waals surface area (Å²) in [5.74, 6) is -2.58. The number of hydrogen-bond donors (Lipinski definition) is 2. The van der Waals surface area contributed by atoms with Crippen molar-refractivity contribution in [3.05, 3.63) is 0 Å². The molecule has 2 N–H and O–H groups in total. The molecule has 2 atom stereocenters. The van der Waals surface area contributed by atoms with Crippen LogP contribution in [-0.4, -0.2) is 55.1 Å². The number of aliphatic hydroxyl groups excluding tert-OH is 1. The average molecular weight is 428 g/mol. The van der Waals surface area contributed by atoms with Crippen molar-refractivity contribution in [3.8, 4) is 0 Å². The summed E-state index contributed by atoms with van der Waals surface area (Å²) in [4.78, 5) is 22.9. The van der Waals surface area contributed by atoms with Crippen LogP contribution in [0.3, 0.4) is 0 Å². The summed E-state index contributed by atoms with van der Waals surface area (Å²) < 4.78 is 64.6. The van der Waals surface area contributed by atoms with Crippen LogP contribution in [-0.2, 0) is 29.2 Å². The van der Waals surface area contributed by atoms with E-state index >= 15 is 0 Å². The van der Waals surface area contributed by atoms with E-state index in [1.165, 1.54) is 6.42 Å². The van der Waals surface area contributed by atoms with Crippen molar-refractivity contribution < 1.29 is 45.9 Å². The lowest BCUT2D eigenvalue weighted by atomic mass is 9.59. The topological polar surface area (TPSA) is 127 Å². The van der Waals surface area contributed by atoms with Gasteiger partial charge in [-0.1, -0.05) is 19.3 Å². The Morgan fingerprint density at radius 1 is 1.14 bits per heavy atom. The number of esters is 2. The molecule has 2 rings (SSSR count). The summed E-state index contributed by atoms with van der Waals surface area (Å²) in [5.41, 5.74) is -0.311. The van der Waals surface area contributed by atoms with E-state index in [2.05, 4.69) is 4.74 Å². The van der Waals surface area contributed by atoms with Crippen molar-refractivity contribution in [2.45, 2.75) is 56.6 Å². The number of carbonyl (C=O) groups is 2. The third-order valence-corrected chi connectivity index (χ3v) is 6.44. The largest absolute Gasteiger partial charge is 0.465 e. The first-order valence-corrected chi connectivity index (χ1v) is 10.7. The average Bonchev–Trinajstić information content (AvgIpc) is 2.61. The van der Waals surface area contributed by atoms with Crippen LogP contribution in [0.5, 0.6) is 0 Å². The monoisotopic (exact) mass is 428 g/mol. The summed E-state index contributed by atoms with van der Waals surface area (Å²) in [6.45, 7) is -1.16. The van der Waals surface area contributed by atoms with Crippen LogP contribution in [0.4, 0.5) is 8.78 Å². The molecule has 2 saturated carbocycles. The molecule has 0 aromatic heterocycles. The molecule has 0 radical (unpaired) electrons. The molecule has 0 spiro atoms. The Hall–Kier alpha value is -1.33. The van der Waals surface area contributed by atoms with Gasteiger partial charge in [0.05, 0.1) is 6.61 Å². The SMILES string of the molecule is O=C(COC(=O)C(F)(F)S(=O)(=O)O)OCC1(CCCO)CC2CCCC(C2)C1. The molecule has 2 aliphatic rings. The van der Waals surface area contributed by atoms with Crippen LogP contribution >= 0.6 is 0 Å². The van der Waals surface area contributed by atoms with Crippen LogP contribution in [0.2, 0.25) is 0 Å². The third-order valence-electron chi connectivity index (χ3n) is 5.62. The van der Waals surface area contributed by atoms with Crippen molar-refractivity contribution in [2.75, 3.05) is 19.8 Å². The lowest BCUT2D eigenvalue weighted by Gasteiger charge is -2.47. The zero-order valence-corrected chi connectivity index (χ0v) is 16.3. The van der Waals surface area contributed by atoms with Crippen molar-refractivity contribution in [3.63, 3.8) is 0 Å². The Kier molecular flexibility index (Phi) is 7.38. The number of carbonyl (C=O) groups excluding carboxylic acids is 2. The Labute approximate surface area is 162 Å². The van der Waals surface area contributed by atoms with Crippen LogP contribution in [0.15, 0.2) is 0 Å². The lowest BCUT2D eigenvalue weighted by molar-refractivity contribution is -0.171. The van der Waals surface area contributed by atoms with Gasteiger partial charge in [-0.15, -0.1) is 0 Å². The van der Waals surface area contributed by atoms with Gasteiger partial charge in [0, 0.05) is 12.0 Å². The fraction of sp³-hybridized carbons (Fsp3) is 0.882. The van der Waals surface area contributed by atoms with Gasteiger partial charge in [-0.3, -0.25) is 4.55 Å². The van der Waals surface area contributed by atoms with Crippen LogP contribution in [0.1, 0.15) is 51.4 Å². The highest BCUT2D eigenvalue weighted by molar-refractivity contribution is 7.87. The van der Waals surface area contributed by atoms with E-state index in [-0.39, 0.29) is 18.6 Å². The molecule has 0 aliphatic heterocycles. The summed E-state index contributed by atoms with van der Waals surface area (Å²) in [6, 6.07) is 0. The quantitative estimate of drug-likeness (QED) is 0.421. The molecule has 2 unspecified atom stereocenters. The maximum atomic E-state index is 13.1. The van der Waals surface area contributed by atoms with Crippen molar-refractivity contribution >= 4 is 22.1 Å². The molecule has 0 aromatic carbocycles. The number of rotatable bonds is 9.